The molecular formula is C86H90N12O4S8. The number of hydrogen-bond donors (Lipinski definition) is 0. The number of rotatable bonds is 35. The van der Waals surface area contributed by atoms with E-state index in [1.165, 1.54) is 85.4 Å². The highest BCUT2D eigenvalue weighted by molar-refractivity contribution is 7.17. The molecule has 0 aliphatic carbocycles. The van der Waals surface area contributed by atoms with Crippen LogP contribution >= 0.6 is 92.3 Å². The van der Waals surface area contributed by atoms with Crippen molar-refractivity contribution in [2.45, 2.75) is 184 Å². The molecule has 12 heterocycles. The van der Waals surface area contributed by atoms with Crippen molar-refractivity contribution in [2.75, 3.05) is 26.2 Å². The Hall–Kier alpha value is -8.20. The van der Waals surface area contributed by atoms with E-state index in [1.807, 2.05) is 19.6 Å². The molecule has 0 spiro atoms. The summed E-state index contributed by atoms with van der Waals surface area (Å²) in [5.74, 6) is 0.0283. The van der Waals surface area contributed by atoms with Crippen molar-refractivity contribution in [3.05, 3.63) is 149 Å². The predicted molar refractivity (Wildman–Crippen MR) is 459 cm³/mol. The van der Waals surface area contributed by atoms with Gasteiger partial charge in [-0.15, -0.1) is 45.3 Å². The molecule has 0 bridgehead atoms. The van der Waals surface area contributed by atoms with E-state index in [-0.39, 0.29) is 35.5 Å². The molecule has 0 N–H and O–H groups in total. The Morgan fingerprint density at radius 2 is 0.573 bits per heavy atom. The largest absolute Gasteiger partial charge is 0.306 e. The molecule has 0 saturated heterocycles. The van der Waals surface area contributed by atoms with Crippen LogP contribution in [-0.4, -0.2) is 104 Å². The van der Waals surface area contributed by atoms with E-state index in [0.717, 1.165) is 229 Å². The summed E-state index contributed by atoms with van der Waals surface area (Å²) >= 11 is 11.2. The first-order chi connectivity index (χ1) is 53.9. The third-order valence-electron chi connectivity index (χ3n) is 22.5. The maximum Gasteiger partial charge on any atom is 0.261 e. The number of carbonyl (C=O) groups is 4. The van der Waals surface area contributed by atoms with Gasteiger partial charge in [-0.05, 0) is 105 Å². The number of nitrogens with zero attached hydrogens (tertiary/aromatic N) is 12. The van der Waals surface area contributed by atoms with E-state index >= 15 is 19.2 Å². The second kappa shape index (κ2) is 33.2. The van der Waals surface area contributed by atoms with E-state index < -0.39 is 0 Å². The van der Waals surface area contributed by atoms with Gasteiger partial charge >= 0.3 is 0 Å². The number of amides is 4. The van der Waals surface area contributed by atoms with Crippen molar-refractivity contribution >= 4 is 183 Å². The molecule has 4 amide bonds. The molecule has 8 aromatic heterocycles. The average molecular weight is 1610 g/mol. The first-order valence-corrected chi connectivity index (χ1v) is 45.7. The van der Waals surface area contributed by atoms with Crippen LogP contribution in [-0.2, 0) is 19.2 Å². The normalized spacial score (nSPS) is 15.4. The molecule has 4 aliphatic rings. The van der Waals surface area contributed by atoms with Gasteiger partial charge in [-0.25, -0.2) is 0 Å². The molecule has 0 fully saturated rings. The standard InChI is InChI=1S/C86H90N12O4S8/c1-9-15-19-21-23-25-45-95-79(63-38-30-50(8)103-63)67-68(84(95)100)80(96(83(67)99)46-26-24-22-20-16-10-2)64-42-39-60(104-64)57-36-33-55(74-77(57)93-109-90-74)56-34-37-59(78-75(56)91-110-94-78)62-41-44-66(106-62)82-70-69(85(101)98(82)48-52(14-6)28-18-12-4)81(97(86(70)102)47-51(13-5)27-17-11-3)65-43-40-61(105-65)58-35-32-54(73-76(58)92-108-89-73)53-31-29-49(7)71-72(53)88-107-87-71/h29-44,51-52H,9-28,45-48H2,1-8H3. The number of aromatic nitrogens is 8. The number of unbranched alkanes of at least 4 members (excludes halogenated alkanes) is 12. The van der Waals surface area contributed by atoms with Gasteiger partial charge in [0, 0.05) is 84.6 Å². The van der Waals surface area contributed by atoms with E-state index in [4.69, 9.17) is 30.6 Å². The van der Waals surface area contributed by atoms with Crippen LogP contribution in [0.3, 0.4) is 0 Å². The van der Waals surface area contributed by atoms with Crippen molar-refractivity contribution in [1.82, 2.24) is 54.6 Å². The van der Waals surface area contributed by atoms with E-state index in [2.05, 4.69) is 157 Å². The van der Waals surface area contributed by atoms with Gasteiger partial charge in [0.15, 0.2) is 0 Å². The number of carbonyl (C=O) groups excluding carboxylic acids is 4. The zero-order valence-corrected chi connectivity index (χ0v) is 70.2. The topological polar surface area (TPSA) is 184 Å². The van der Waals surface area contributed by atoms with Crippen molar-refractivity contribution in [2.24, 2.45) is 11.8 Å². The second-order valence-corrected chi connectivity index (χ2v) is 36.3. The number of fused-ring (bicyclic) bond motifs is 6. The lowest BCUT2D eigenvalue weighted by molar-refractivity contribution is -0.124. The van der Waals surface area contributed by atoms with Gasteiger partial charge in [0.2, 0.25) is 0 Å². The van der Waals surface area contributed by atoms with Crippen LogP contribution in [0.15, 0.2) is 119 Å². The molecule has 16 rings (SSSR count). The third-order valence-corrected chi connectivity index (χ3v) is 29.0. The molecule has 0 saturated carbocycles. The summed E-state index contributed by atoms with van der Waals surface area (Å²) in [6, 6.07) is 33.7. The highest BCUT2D eigenvalue weighted by atomic mass is 32.1. The summed E-state index contributed by atoms with van der Waals surface area (Å²) in [4.78, 5) is 77.9. The number of benzene rings is 4. The van der Waals surface area contributed by atoms with Crippen molar-refractivity contribution in [1.29, 1.82) is 0 Å². The highest BCUT2D eigenvalue weighted by Crippen LogP contribution is 2.54. The number of aryl methyl sites for hydroxylation is 2. The third kappa shape index (κ3) is 14.0. The maximum atomic E-state index is 16.0. The lowest BCUT2D eigenvalue weighted by Crippen LogP contribution is -2.34. The molecule has 4 aliphatic heterocycles. The highest BCUT2D eigenvalue weighted by Gasteiger charge is 2.52. The first kappa shape index (κ1) is 75.8. The van der Waals surface area contributed by atoms with E-state index in [1.54, 1.807) is 45.3 Å². The summed E-state index contributed by atoms with van der Waals surface area (Å²) in [6.07, 6.45) is 21.1. The fourth-order valence-corrected chi connectivity index (χ4v) is 23.0. The SMILES string of the molecule is CCCCCCCCN1C(=O)C2=C(c3ccc(-c4ccc(-c5ccc(-c6ccc(C7=C8C(=O)N(CC(CC)CCCC)C(c9ccc(-c%10ccc(-c%11ccc(C)c%12nsnc%11%12)c%11nsnc%10%11)s9)=C8C(=O)N7CC(CC)CCCC)s6)c6nsnc56)c5nsnc45)s3)N(CCCCCCCC)C(=O)C2=C1c1ccc(C)s1. The van der Waals surface area contributed by atoms with E-state index in [0.29, 0.717) is 59.9 Å². The van der Waals surface area contributed by atoms with Gasteiger partial charge in [0.25, 0.3) is 23.6 Å². The molecule has 24 heteroatoms. The van der Waals surface area contributed by atoms with Crippen LogP contribution < -0.4 is 0 Å². The molecule has 4 aromatic carbocycles. The Morgan fingerprint density at radius 1 is 0.291 bits per heavy atom. The Bertz CT molecular complexity index is 5650. The second-order valence-electron chi connectivity index (χ2n) is 29.7. The van der Waals surface area contributed by atoms with Crippen LogP contribution in [0, 0.1) is 25.7 Å². The maximum absolute atomic E-state index is 16.0. The molecule has 566 valence electrons. The Labute approximate surface area is 675 Å². The minimum atomic E-state index is -0.128. The smallest absolute Gasteiger partial charge is 0.261 e. The van der Waals surface area contributed by atoms with Gasteiger partial charge < -0.3 is 19.6 Å². The van der Waals surface area contributed by atoms with Gasteiger partial charge in [0.05, 0.1) is 112 Å². The van der Waals surface area contributed by atoms with Gasteiger partial charge in [-0.1, -0.05) is 193 Å². The van der Waals surface area contributed by atoms with Crippen molar-refractivity contribution < 1.29 is 19.2 Å². The Balaban J connectivity index is 0.744. The van der Waals surface area contributed by atoms with Gasteiger partial charge in [-0.2, -0.15) is 35.0 Å². The minimum Gasteiger partial charge on any atom is -0.306 e. The summed E-state index contributed by atoms with van der Waals surface area (Å²) in [7, 11) is 0. The lowest BCUT2D eigenvalue weighted by Gasteiger charge is -2.29. The Kier molecular flexibility index (Phi) is 22.9. The van der Waals surface area contributed by atoms with Gasteiger partial charge in [0.1, 0.15) is 44.1 Å². The first-order valence-electron chi connectivity index (χ1n) is 39.5. The zero-order valence-electron chi connectivity index (χ0n) is 63.6. The van der Waals surface area contributed by atoms with Crippen molar-refractivity contribution in [3.63, 3.8) is 0 Å². The molecule has 110 heavy (non-hydrogen) atoms. The molecular weight excluding hydrogens is 1520 g/mol. The quantitative estimate of drug-likeness (QED) is 0.0343. The predicted octanol–water partition coefficient (Wildman–Crippen LogP) is 23.7. The summed E-state index contributed by atoms with van der Waals surface area (Å²) in [5, 5.41) is 0. The molecule has 16 nitrogen and oxygen atoms in total. The van der Waals surface area contributed by atoms with Crippen LogP contribution in [0.1, 0.15) is 200 Å². The van der Waals surface area contributed by atoms with Gasteiger partial charge in [-0.3, -0.25) is 19.2 Å². The van der Waals surface area contributed by atoms with Crippen LogP contribution in [0.25, 0.3) is 120 Å². The number of hydrogen-bond acceptors (Lipinski definition) is 20. The summed E-state index contributed by atoms with van der Waals surface area (Å²) in [5.41, 5.74) is 18.7. The van der Waals surface area contributed by atoms with Crippen LogP contribution in [0.4, 0.5) is 0 Å². The molecule has 0 radical (unpaired) electrons. The lowest BCUT2D eigenvalue weighted by atomic mass is 9.97. The van der Waals surface area contributed by atoms with Crippen LogP contribution in [0.5, 0.6) is 0 Å². The molecule has 2 unspecified atom stereocenters. The fourth-order valence-electron chi connectivity index (χ4n) is 16.5. The fraction of sp³-hybridized carbons (Fsp3) is 0.395. The zero-order chi connectivity index (χ0) is 75.8. The van der Waals surface area contributed by atoms with E-state index in [9.17, 15) is 0 Å². The average Bonchev–Trinajstić information content (AvgIpc) is 1.55. The van der Waals surface area contributed by atoms with Crippen LogP contribution in [0.2, 0.25) is 0 Å². The summed E-state index contributed by atoms with van der Waals surface area (Å²) < 4.78 is 39.2. The monoisotopic (exact) mass is 1610 g/mol. The molecule has 12 aromatic rings. The Morgan fingerprint density at radius 3 is 0.927 bits per heavy atom. The molecule has 2 atom stereocenters. The minimum absolute atomic E-state index is 0.0817. The summed E-state index contributed by atoms with van der Waals surface area (Å²) in [6.45, 7) is 19.6. The van der Waals surface area contributed by atoms with Crippen molar-refractivity contribution in [3.8, 4) is 53.6 Å². The number of thiophene rings is 4.